The van der Waals surface area contributed by atoms with Crippen LogP contribution in [0.5, 0.6) is 0 Å². The maximum Gasteiger partial charge on any atom is 0.352 e. The minimum atomic E-state index is -3.54. The highest BCUT2D eigenvalue weighted by Crippen LogP contribution is 2.33. The van der Waals surface area contributed by atoms with E-state index in [-0.39, 0.29) is 17.1 Å². The van der Waals surface area contributed by atoms with Gasteiger partial charge in [0.25, 0.3) is 0 Å². The van der Waals surface area contributed by atoms with Crippen molar-refractivity contribution >= 4 is 26.7 Å². The number of aromatic nitrogens is 1. The number of benzene rings is 2. The number of hydrogen-bond donors (Lipinski definition) is 2. The summed E-state index contributed by atoms with van der Waals surface area (Å²) >= 11 is 0. The third-order valence-electron chi connectivity index (χ3n) is 5.89. The molecular formula is C23H26N2O4S. The summed E-state index contributed by atoms with van der Waals surface area (Å²) in [4.78, 5) is 12.5. The topological polar surface area (TPSA) is 88.4 Å². The molecule has 0 saturated heterocycles. The molecule has 4 rings (SSSR count). The molecule has 0 bridgehead atoms. The standard InChI is InChI=1S/C23H26N2O4S/c1-15-9-11-16(12-10-15)14-25-21-18(7-4-8-20(21)30(2,28)29)19(22(25)23(26)27)13-24-17-5-3-6-17/h4,7-12,17,24H,3,5-6,13-14H2,1-2H3,(H,26,27). The maximum absolute atomic E-state index is 12.5. The first-order valence-electron chi connectivity index (χ1n) is 10.1. The molecule has 1 fully saturated rings. The lowest BCUT2D eigenvalue weighted by atomic mass is 9.93. The molecule has 0 spiro atoms. The van der Waals surface area contributed by atoms with Crippen LogP contribution in [0, 0.1) is 6.92 Å². The molecular weight excluding hydrogens is 400 g/mol. The lowest BCUT2D eigenvalue weighted by Crippen LogP contribution is -2.34. The van der Waals surface area contributed by atoms with Gasteiger partial charge in [-0.3, -0.25) is 0 Å². The molecule has 7 heteroatoms. The number of sulfone groups is 1. The highest BCUT2D eigenvalue weighted by molar-refractivity contribution is 7.91. The molecule has 1 saturated carbocycles. The van der Waals surface area contributed by atoms with Crippen LogP contribution < -0.4 is 5.32 Å². The van der Waals surface area contributed by atoms with Crippen LogP contribution in [0.2, 0.25) is 0 Å². The van der Waals surface area contributed by atoms with Crippen LogP contribution in [-0.2, 0) is 22.9 Å². The number of rotatable bonds is 7. The van der Waals surface area contributed by atoms with Crippen LogP contribution in [0.25, 0.3) is 10.9 Å². The third-order valence-corrected chi connectivity index (χ3v) is 7.01. The fourth-order valence-corrected chi connectivity index (χ4v) is 4.96. The molecule has 1 aliphatic rings. The zero-order valence-electron chi connectivity index (χ0n) is 17.2. The van der Waals surface area contributed by atoms with Gasteiger partial charge in [-0.1, -0.05) is 48.4 Å². The van der Waals surface area contributed by atoms with Crippen LogP contribution in [-0.4, -0.2) is 36.4 Å². The van der Waals surface area contributed by atoms with Crippen LogP contribution >= 0.6 is 0 Å². The predicted molar refractivity (Wildman–Crippen MR) is 117 cm³/mol. The molecule has 2 aromatic carbocycles. The summed E-state index contributed by atoms with van der Waals surface area (Å²) in [5, 5.41) is 14.2. The highest BCUT2D eigenvalue weighted by Gasteiger charge is 2.27. The number of carboxylic acids is 1. The summed E-state index contributed by atoms with van der Waals surface area (Å²) in [5.41, 5.74) is 3.28. The van der Waals surface area contributed by atoms with Crippen molar-refractivity contribution in [3.8, 4) is 0 Å². The normalized spacial score (nSPS) is 14.7. The number of aromatic carboxylic acids is 1. The SMILES string of the molecule is Cc1ccc(Cn2c(C(=O)O)c(CNC3CCC3)c3cccc(S(C)(=O)=O)c32)cc1. The van der Waals surface area contributed by atoms with E-state index in [4.69, 9.17) is 0 Å². The van der Waals surface area contributed by atoms with Gasteiger partial charge in [-0.15, -0.1) is 0 Å². The summed E-state index contributed by atoms with van der Waals surface area (Å²) in [6, 6.07) is 13.3. The largest absolute Gasteiger partial charge is 0.477 e. The van der Waals surface area contributed by atoms with Gasteiger partial charge in [-0.05, 0) is 31.4 Å². The summed E-state index contributed by atoms with van der Waals surface area (Å²) in [7, 11) is -3.54. The number of nitrogens with one attached hydrogen (secondary N) is 1. The Kier molecular flexibility index (Phi) is 5.42. The number of fused-ring (bicyclic) bond motifs is 1. The number of nitrogens with zero attached hydrogens (tertiary/aromatic N) is 1. The Hall–Kier alpha value is -2.64. The molecule has 2 N–H and O–H groups in total. The maximum atomic E-state index is 12.5. The fraction of sp³-hybridized carbons (Fsp3) is 0.348. The van der Waals surface area contributed by atoms with Crippen LogP contribution in [0.15, 0.2) is 47.4 Å². The molecule has 1 aromatic heterocycles. The minimum Gasteiger partial charge on any atom is -0.477 e. The molecule has 1 aliphatic carbocycles. The van der Waals surface area contributed by atoms with Crippen molar-refractivity contribution < 1.29 is 18.3 Å². The number of hydrogen-bond acceptors (Lipinski definition) is 4. The molecule has 30 heavy (non-hydrogen) atoms. The average molecular weight is 427 g/mol. The van der Waals surface area contributed by atoms with E-state index in [1.54, 1.807) is 16.7 Å². The molecule has 1 heterocycles. The predicted octanol–water partition coefficient (Wildman–Crippen LogP) is 3.74. The Bertz CT molecular complexity index is 1210. The lowest BCUT2D eigenvalue weighted by Gasteiger charge is -2.26. The van der Waals surface area contributed by atoms with Gasteiger partial charge in [0.05, 0.1) is 10.4 Å². The monoisotopic (exact) mass is 426 g/mol. The van der Waals surface area contributed by atoms with E-state index >= 15 is 0 Å². The second-order valence-electron chi connectivity index (χ2n) is 8.14. The number of aryl methyl sites for hydroxylation is 1. The van der Waals surface area contributed by atoms with E-state index in [1.807, 2.05) is 37.3 Å². The average Bonchev–Trinajstić information content (AvgIpc) is 2.95. The molecule has 6 nitrogen and oxygen atoms in total. The first-order chi connectivity index (χ1) is 14.3. The Morgan fingerprint density at radius 3 is 2.43 bits per heavy atom. The second-order valence-corrected chi connectivity index (χ2v) is 10.1. The van der Waals surface area contributed by atoms with Gasteiger partial charge >= 0.3 is 5.97 Å². The fourth-order valence-electron chi connectivity index (χ4n) is 4.06. The summed E-state index contributed by atoms with van der Waals surface area (Å²) in [5.74, 6) is -1.05. The summed E-state index contributed by atoms with van der Waals surface area (Å²) in [6.07, 6.45) is 4.51. The van der Waals surface area contributed by atoms with Crippen molar-refractivity contribution in [3.05, 3.63) is 64.8 Å². The molecule has 0 atom stereocenters. The molecule has 3 aromatic rings. The van der Waals surface area contributed by atoms with E-state index in [0.29, 0.717) is 29.1 Å². The van der Waals surface area contributed by atoms with Gasteiger partial charge in [0.1, 0.15) is 5.69 Å². The van der Waals surface area contributed by atoms with Crippen LogP contribution in [0.3, 0.4) is 0 Å². The Morgan fingerprint density at radius 2 is 1.87 bits per heavy atom. The zero-order valence-corrected chi connectivity index (χ0v) is 18.0. The van der Waals surface area contributed by atoms with Crippen molar-refractivity contribution in [3.63, 3.8) is 0 Å². The number of para-hydroxylation sites is 1. The number of carboxylic acid groups (broad SMARTS) is 1. The Morgan fingerprint density at radius 1 is 1.17 bits per heavy atom. The van der Waals surface area contributed by atoms with E-state index in [1.165, 1.54) is 6.42 Å². The summed E-state index contributed by atoms with van der Waals surface area (Å²) in [6.45, 7) is 2.68. The van der Waals surface area contributed by atoms with Gasteiger partial charge in [0.2, 0.25) is 0 Å². The smallest absolute Gasteiger partial charge is 0.352 e. The van der Waals surface area contributed by atoms with E-state index in [0.717, 1.165) is 30.2 Å². The number of carbonyl (C=O) groups is 1. The Labute approximate surface area is 176 Å². The van der Waals surface area contributed by atoms with Gasteiger partial charge in [-0.25, -0.2) is 13.2 Å². The van der Waals surface area contributed by atoms with Crippen molar-refractivity contribution in [2.45, 2.75) is 50.2 Å². The molecule has 0 amide bonds. The second kappa shape index (κ2) is 7.89. The van der Waals surface area contributed by atoms with E-state index < -0.39 is 15.8 Å². The van der Waals surface area contributed by atoms with Crippen molar-refractivity contribution in [1.29, 1.82) is 0 Å². The quantitative estimate of drug-likeness (QED) is 0.601. The lowest BCUT2D eigenvalue weighted by molar-refractivity contribution is 0.0684. The minimum absolute atomic E-state index is 0.147. The van der Waals surface area contributed by atoms with E-state index in [2.05, 4.69) is 5.32 Å². The van der Waals surface area contributed by atoms with Crippen molar-refractivity contribution in [2.24, 2.45) is 0 Å². The molecule has 0 aliphatic heterocycles. The summed E-state index contributed by atoms with van der Waals surface area (Å²) < 4.78 is 26.7. The van der Waals surface area contributed by atoms with Crippen molar-refractivity contribution in [2.75, 3.05) is 6.26 Å². The van der Waals surface area contributed by atoms with E-state index in [9.17, 15) is 18.3 Å². The van der Waals surface area contributed by atoms with Crippen LogP contribution in [0.4, 0.5) is 0 Å². The third kappa shape index (κ3) is 3.87. The Balaban J connectivity index is 1.94. The van der Waals surface area contributed by atoms with Crippen molar-refractivity contribution in [1.82, 2.24) is 9.88 Å². The van der Waals surface area contributed by atoms with Gasteiger partial charge in [0.15, 0.2) is 9.84 Å². The van der Waals surface area contributed by atoms with Crippen LogP contribution in [0.1, 0.15) is 46.4 Å². The molecule has 0 radical (unpaired) electrons. The molecule has 158 valence electrons. The van der Waals surface area contributed by atoms with Gasteiger partial charge in [-0.2, -0.15) is 0 Å². The first-order valence-corrected chi connectivity index (χ1v) is 12.0. The van der Waals surface area contributed by atoms with Gasteiger partial charge in [0, 0.05) is 36.3 Å². The highest BCUT2D eigenvalue weighted by atomic mass is 32.2. The molecule has 0 unspecified atom stereocenters. The van der Waals surface area contributed by atoms with Gasteiger partial charge < -0.3 is 15.0 Å². The first kappa shape index (κ1) is 20.6. The zero-order chi connectivity index (χ0) is 21.5.